The molecule has 2 heterocycles. The second kappa shape index (κ2) is 12.6. The van der Waals surface area contributed by atoms with Gasteiger partial charge < -0.3 is 10.1 Å². The molecule has 0 aliphatic carbocycles. The monoisotopic (exact) mass is 498 g/mol. The number of allylic oxidation sites excluding steroid dienone is 2. The van der Waals surface area contributed by atoms with Crippen molar-refractivity contribution in [1.29, 1.82) is 0 Å². The number of aromatic nitrogens is 3. The highest BCUT2D eigenvalue weighted by Gasteiger charge is 2.16. The van der Waals surface area contributed by atoms with Crippen molar-refractivity contribution < 1.29 is 13.9 Å². The second-order valence-corrected chi connectivity index (χ2v) is 8.59. The molecular weight excluding hydrogens is 467 g/mol. The van der Waals surface area contributed by atoms with E-state index in [1.807, 2.05) is 60.8 Å². The van der Waals surface area contributed by atoms with Gasteiger partial charge in [-0.2, -0.15) is 9.49 Å². The van der Waals surface area contributed by atoms with Gasteiger partial charge in [-0.3, -0.25) is 9.89 Å². The molecule has 0 saturated heterocycles. The van der Waals surface area contributed by atoms with Crippen molar-refractivity contribution in [1.82, 2.24) is 20.5 Å². The Morgan fingerprint density at radius 2 is 1.86 bits per heavy atom. The minimum atomic E-state index is -0.444. The van der Waals surface area contributed by atoms with E-state index in [-0.39, 0.29) is 5.91 Å². The average molecular weight is 499 g/mol. The fourth-order valence-corrected chi connectivity index (χ4v) is 4.24. The molecule has 4 rings (SSSR count). The first-order chi connectivity index (χ1) is 18.1. The molecule has 37 heavy (non-hydrogen) atoms. The van der Waals surface area contributed by atoms with Crippen LogP contribution in [0.2, 0.25) is 0 Å². The van der Waals surface area contributed by atoms with Gasteiger partial charge in [0, 0.05) is 24.9 Å². The number of fused-ring (bicyclic) bond motifs is 1. The molecule has 0 unspecified atom stereocenters. The lowest BCUT2D eigenvalue weighted by Gasteiger charge is -2.16. The zero-order valence-corrected chi connectivity index (χ0v) is 21.1. The molecule has 0 fully saturated rings. The first-order valence-electron chi connectivity index (χ1n) is 12.5. The van der Waals surface area contributed by atoms with Crippen LogP contribution in [0.3, 0.4) is 0 Å². The van der Waals surface area contributed by atoms with Gasteiger partial charge in [0.1, 0.15) is 0 Å². The number of nitrogens with one attached hydrogen (secondary N) is 2. The number of hydrogen-bond donors (Lipinski definition) is 2. The van der Waals surface area contributed by atoms with Crippen LogP contribution in [-0.4, -0.2) is 34.7 Å². The van der Waals surface area contributed by atoms with Gasteiger partial charge >= 0.3 is 0 Å². The molecule has 190 valence electrons. The molecule has 0 saturated carbocycles. The molecule has 0 radical (unpaired) electrons. The van der Waals surface area contributed by atoms with Gasteiger partial charge in [0.15, 0.2) is 0 Å². The Balaban J connectivity index is 1.56. The Morgan fingerprint density at radius 3 is 2.59 bits per heavy atom. The molecule has 0 aliphatic heterocycles. The number of benzene rings is 2. The number of aromatic amines is 1. The minimum Gasteiger partial charge on any atom is -0.478 e. The van der Waals surface area contributed by atoms with E-state index < -0.39 is 5.95 Å². The first kappa shape index (κ1) is 25.8. The highest BCUT2D eigenvalue weighted by atomic mass is 19.1. The van der Waals surface area contributed by atoms with Crippen molar-refractivity contribution in [2.24, 2.45) is 0 Å². The molecule has 1 amide bonds. The molecular formula is C30H31FN4O2. The summed E-state index contributed by atoms with van der Waals surface area (Å²) < 4.78 is 20.2. The summed E-state index contributed by atoms with van der Waals surface area (Å²) in [6, 6.07) is 19.7. The number of nitrogens with zero attached hydrogens (tertiary/aromatic N) is 2. The van der Waals surface area contributed by atoms with E-state index in [1.54, 1.807) is 13.1 Å². The van der Waals surface area contributed by atoms with Crippen molar-refractivity contribution in [3.63, 3.8) is 0 Å². The predicted molar refractivity (Wildman–Crippen MR) is 145 cm³/mol. The third kappa shape index (κ3) is 6.50. The van der Waals surface area contributed by atoms with Crippen LogP contribution in [0, 0.1) is 5.95 Å². The highest BCUT2D eigenvalue weighted by Crippen LogP contribution is 2.35. The lowest BCUT2D eigenvalue weighted by molar-refractivity contribution is -0.116. The Morgan fingerprint density at radius 1 is 1.05 bits per heavy atom. The Kier molecular flexibility index (Phi) is 8.81. The molecule has 0 spiro atoms. The summed E-state index contributed by atoms with van der Waals surface area (Å²) >= 11 is 0. The number of H-pyrrole nitrogens is 1. The summed E-state index contributed by atoms with van der Waals surface area (Å²) in [5.41, 5.74) is 5.66. The van der Waals surface area contributed by atoms with Gasteiger partial charge in [-0.1, -0.05) is 49.4 Å². The van der Waals surface area contributed by atoms with E-state index in [2.05, 4.69) is 39.6 Å². The third-order valence-corrected chi connectivity index (χ3v) is 6.13. The van der Waals surface area contributed by atoms with E-state index in [0.29, 0.717) is 23.4 Å². The van der Waals surface area contributed by atoms with Crippen LogP contribution in [0.15, 0.2) is 79.0 Å². The summed E-state index contributed by atoms with van der Waals surface area (Å²) in [5.74, 6) is 0.0142. The van der Waals surface area contributed by atoms with Crippen LogP contribution in [0.4, 0.5) is 4.39 Å². The van der Waals surface area contributed by atoms with Gasteiger partial charge in [-0.25, -0.2) is 4.98 Å². The summed E-state index contributed by atoms with van der Waals surface area (Å²) in [6.45, 7) is 2.66. The standard InChI is InChI=1S/C30H31FN4O2/c1-3-24(21-11-7-6-8-12-21)29(22-14-16-26-25(19-22)30(31)35-34-26)23-15-17-28(33-20-23)37-18-10-5-4-9-13-27(36)32-2/h6-9,11-17,19-20H,3-5,10,18H2,1-2H3,(H,32,36)(H,34,35)/b13-9+,29-24-. The summed E-state index contributed by atoms with van der Waals surface area (Å²) in [4.78, 5) is 15.8. The number of hydrogen-bond acceptors (Lipinski definition) is 4. The first-order valence-corrected chi connectivity index (χ1v) is 12.5. The number of carbonyl (C=O) groups is 1. The van der Waals surface area contributed by atoms with Crippen LogP contribution in [-0.2, 0) is 4.79 Å². The van der Waals surface area contributed by atoms with E-state index in [1.165, 1.54) is 0 Å². The Hall–Kier alpha value is -4.26. The van der Waals surface area contributed by atoms with Crippen molar-refractivity contribution in [3.05, 3.63) is 102 Å². The van der Waals surface area contributed by atoms with Crippen LogP contribution < -0.4 is 10.1 Å². The van der Waals surface area contributed by atoms with Crippen LogP contribution in [0.5, 0.6) is 5.88 Å². The van der Waals surface area contributed by atoms with Crippen molar-refractivity contribution in [3.8, 4) is 5.88 Å². The number of unbranched alkanes of at least 4 members (excludes halogenated alkanes) is 2. The fourth-order valence-electron chi connectivity index (χ4n) is 4.24. The summed E-state index contributed by atoms with van der Waals surface area (Å²) in [5, 5.41) is 9.46. The Bertz CT molecular complexity index is 1390. The van der Waals surface area contributed by atoms with Gasteiger partial charge in [0.05, 0.1) is 17.5 Å². The normalized spacial score (nSPS) is 12.1. The minimum absolute atomic E-state index is 0.0951. The predicted octanol–water partition coefficient (Wildman–Crippen LogP) is 6.32. The molecule has 2 N–H and O–H groups in total. The maximum Gasteiger partial charge on any atom is 0.243 e. The van der Waals surface area contributed by atoms with Gasteiger partial charge in [0.25, 0.3) is 0 Å². The maximum absolute atomic E-state index is 14.3. The molecule has 4 aromatic rings. The van der Waals surface area contributed by atoms with Crippen molar-refractivity contribution in [2.45, 2.75) is 32.6 Å². The quantitative estimate of drug-likeness (QED) is 0.144. The number of carbonyl (C=O) groups excluding carboxylic acids is 1. The van der Waals surface area contributed by atoms with E-state index >= 15 is 0 Å². The lowest BCUT2D eigenvalue weighted by Crippen LogP contribution is -2.13. The van der Waals surface area contributed by atoms with Crippen molar-refractivity contribution in [2.75, 3.05) is 13.7 Å². The molecule has 0 aliphatic rings. The number of rotatable bonds is 11. The fraction of sp³-hybridized carbons (Fsp3) is 0.233. The topological polar surface area (TPSA) is 79.9 Å². The van der Waals surface area contributed by atoms with Gasteiger partial charge in [-0.05, 0) is 72.2 Å². The van der Waals surface area contributed by atoms with E-state index in [4.69, 9.17) is 4.74 Å². The number of amides is 1. The molecule has 7 heteroatoms. The van der Waals surface area contributed by atoms with Crippen LogP contribution in [0.1, 0.15) is 49.3 Å². The number of likely N-dealkylation sites (N-methyl/N-ethyl adjacent to an activating group) is 1. The zero-order chi connectivity index (χ0) is 26.0. The number of ether oxygens (including phenoxy) is 1. The molecule has 0 atom stereocenters. The van der Waals surface area contributed by atoms with Crippen LogP contribution >= 0.6 is 0 Å². The largest absolute Gasteiger partial charge is 0.478 e. The van der Waals surface area contributed by atoms with Crippen LogP contribution in [0.25, 0.3) is 22.0 Å². The van der Waals surface area contributed by atoms with Gasteiger partial charge in [-0.15, -0.1) is 0 Å². The van der Waals surface area contributed by atoms with Gasteiger partial charge in [0.2, 0.25) is 17.7 Å². The van der Waals surface area contributed by atoms with E-state index in [0.717, 1.165) is 53.5 Å². The molecule has 6 nitrogen and oxygen atoms in total. The molecule has 2 aromatic carbocycles. The maximum atomic E-state index is 14.3. The highest BCUT2D eigenvalue weighted by molar-refractivity contribution is 6.00. The molecule has 0 bridgehead atoms. The smallest absolute Gasteiger partial charge is 0.243 e. The lowest BCUT2D eigenvalue weighted by atomic mass is 9.88. The van der Waals surface area contributed by atoms with E-state index in [9.17, 15) is 9.18 Å². The number of pyridine rings is 1. The Labute approximate surface area is 216 Å². The van der Waals surface area contributed by atoms with Crippen molar-refractivity contribution >= 4 is 28.0 Å². The second-order valence-electron chi connectivity index (χ2n) is 8.59. The average Bonchev–Trinajstić information content (AvgIpc) is 3.31. The molecule has 2 aromatic heterocycles. The summed E-state index contributed by atoms with van der Waals surface area (Å²) in [6.07, 6.45) is 8.61. The SMILES string of the molecule is CC/C(=C(/c1ccc(OCCCC/C=C/C(=O)NC)nc1)c1ccc2n[nH]c(F)c2c1)c1ccccc1. The summed E-state index contributed by atoms with van der Waals surface area (Å²) in [7, 11) is 1.61. The third-order valence-electron chi connectivity index (χ3n) is 6.13. The number of halogens is 1. The zero-order valence-electron chi connectivity index (χ0n) is 21.1.